The van der Waals surface area contributed by atoms with Crippen LogP contribution in [0.2, 0.25) is 0 Å². The van der Waals surface area contributed by atoms with E-state index in [-0.39, 0.29) is 12.2 Å². The first kappa shape index (κ1) is 8.48. The summed E-state index contributed by atoms with van der Waals surface area (Å²) in [7, 11) is 0. The molecule has 2 heterocycles. The third kappa shape index (κ3) is 1.79. The highest BCUT2D eigenvalue weighted by molar-refractivity contribution is 4.79. The van der Waals surface area contributed by atoms with Gasteiger partial charge < -0.3 is 14.6 Å². The van der Waals surface area contributed by atoms with Gasteiger partial charge in [-0.1, -0.05) is 0 Å². The zero-order valence-electron chi connectivity index (χ0n) is 7.24. The summed E-state index contributed by atoms with van der Waals surface area (Å²) < 4.78 is 10.9. The second kappa shape index (κ2) is 3.73. The normalized spacial score (nSPS) is 43.2. The molecule has 0 aromatic heterocycles. The molecular weight excluding hydrogens is 156 g/mol. The first-order valence-electron chi connectivity index (χ1n) is 4.73. The summed E-state index contributed by atoms with van der Waals surface area (Å²) in [6.07, 6.45) is 2.79. The molecule has 3 heteroatoms. The van der Waals surface area contributed by atoms with Gasteiger partial charge in [0.2, 0.25) is 0 Å². The van der Waals surface area contributed by atoms with E-state index in [1.165, 1.54) is 0 Å². The number of ether oxygens (including phenoxy) is 2. The first-order chi connectivity index (χ1) is 5.86. The standard InChI is InChI=1S/C9H16O3/c10-8-2-4-12-9(5-8)7-1-3-11-6-7/h7-10H,1-6H2. The van der Waals surface area contributed by atoms with Crippen LogP contribution < -0.4 is 0 Å². The maximum Gasteiger partial charge on any atom is 0.0650 e. The maximum atomic E-state index is 9.42. The average molecular weight is 172 g/mol. The summed E-state index contributed by atoms with van der Waals surface area (Å²) >= 11 is 0. The SMILES string of the molecule is OC1CCOC(C2CCOC2)C1. The molecular formula is C9H16O3. The van der Waals surface area contributed by atoms with Gasteiger partial charge >= 0.3 is 0 Å². The van der Waals surface area contributed by atoms with E-state index in [9.17, 15) is 5.11 Å². The second-order valence-electron chi connectivity index (χ2n) is 3.71. The number of rotatable bonds is 1. The van der Waals surface area contributed by atoms with Gasteiger partial charge in [0.25, 0.3) is 0 Å². The predicted octanol–water partition coefficient (Wildman–Crippen LogP) is 0.563. The van der Waals surface area contributed by atoms with Crippen LogP contribution in [-0.2, 0) is 9.47 Å². The molecule has 0 spiro atoms. The highest BCUT2D eigenvalue weighted by Crippen LogP contribution is 2.26. The molecule has 3 atom stereocenters. The van der Waals surface area contributed by atoms with Gasteiger partial charge in [-0.05, 0) is 19.3 Å². The van der Waals surface area contributed by atoms with Gasteiger partial charge in [0, 0.05) is 19.1 Å². The molecule has 0 amide bonds. The Morgan fingerprint density at radius 3 is 2.75 bits per heavy atom. The topological polar surface area (TPSA) is 38.7 Å². The van der Waals surface area contributed by atoms with Crippen molar-refractivity contribution in [3.05, 3.63) is 0 Å². The third-order valence-corrected chi connectivity index (χ3v) is 2.78. The van der Waals surface area contributed by atoms with Crippen molar-refractivity contribution in [2.24, 2.45) is 5.92 Å². The van der Waals surface area contributed by atoms with Crippen molar-refractivity contribution in [1.29, 1.82) is 0 Å². The Balaban J connectivity index is 1.85. The Bertz CT molecular complexity index is 143. The van der Waals surface area contributed by atoms with E-state index in [0.717, 1.165) is 32.5 Å². The van der Waals surface area contributed by atoms with Gasteiger partial charge in [-0.25, -0.2) is 0 Å². The lowest BCUT2D eigenvalue weighted by Crippen LogP contribution is -2.34. The van der Waals surface area contributed by atoms with Crippen LogP contribution >= 0.6 is 0 Å². The van der Waals surface area contributed by atoms with E-state index in [0.29, 0.717) is 12.5 Å². The van der Waals surface area contributed by atoms with Gasteiger partial charge in [-0.15, -0.1) is 0 Å². The number of aliphatic hydroxyl groups excluding tert-OH is 1. The number of hydrogen-bond acceptors (Lipinski definition) is 3. The van der Waals surface area contributed by atoms with E-state index in [1.54, 1.807) is 0 Å². The molecule has 2 saturated heterocycles. The molecule has 70 valence electrons. The lowest BCUT2D eigenvalue weighted by molar-refractivity contribution is -0.0696. The molecule has 0 saturated carbocycles. The molecule has 0 aromatic carbocycles. The van der Waals surface area contributed by atoms with Crippen molar-refractivity contribution >= 4 is 0 Å². The quantitative estimate of drug-likeness (QED) is 0.628. The van der Waals surface area contributed by atoms with Crippen molar-refractivity contribution in [2.45, 2.75) is 31.5 Å². The molecule has 3 nitrogen and oxygen atoms in total. The van der Waals surface area contributed by atoms with E-state index >= 15 is 0 Å². The smallest absolute Gasteiger partial charge is 0.0650 e. The highest BCUT2D eigenvalue weighted by Gasteiger charge is 2.30. The molecule has 0 radical (unpaired) electrons. The van der Waals surface area contributed by atoms with Crippen molar-refractivity contribution in [3.8, 4) is 0 Å². The predicted molar refractivity (Wildman–Crippen MR) is 43.9 cm³/mol. The van der Waals surface area contributed by atoms with Crippen molar-refractivity contribution < 1.29 is 14.6 Å². The number of hydrogen-bond donors (Lipinski definition) is 1. The van der Waals surface area contributed by atoms with Gasteiger partial charge in [0.05, 0.1) is 18.8 Å². The van der Waals surface area contributed by atoms with Crippen LogP contribution in [0.1, 0.15) is 19.3 Å². The zero-order chi connectivity index (χ0) is 8.39. The summed E-state index contributed by atoms with van der Waals surface area (Å²) in [6, 6.07) is 0. The van der Waals surface area contributed by atoms with E-state index in [1.807, 2.05) is 0 Å². The molecule has 2 aliphatic rings. The summed E-state index contributed by atoms with van der Waals surface area (Å²) in [4.78, 5) is 0. The summed E-state index contributed by atoms with van der Waals surface area (Å²) in [5, 5.41) is 9.42. The summed E-state index contributed by atoms with van der Waals surface area (Å²) in [6.45, 7) is 2.39. The van der Waals surface area contributed by atoms with Gasteiger partial charge in [0.1, 0.15) is 0 Å². The largest absolute Gasteiger partial charge is 0.393 e. The average Bonchev–Trinajstić information content (AvgIpc) is 2.56. The zero-order valence-corrected chi connectivity index (χ0v) is 7.24. The minimum absolute atomic E-state index is 0.149. The molecule has 2 rings (SSSR count). The van der Waals surface area contributed by atoms with Crippen molar-refractivity contribution in [3.63, 3.8) is 0 Å². The van der Waals surface area contributed by atoms with Gasteiger partial charge in [-0.2, -0.15) is 0 Å². The fraction of sp³-hybridized carbons (Fsp3) is 1.00. The monoisotopic (exact) mass is 172 g/mol. The molecule has 1 N–H and O–H groups in total. The Kier molecular flexibility index (Phi) is 2.63. The van der Waals surface area contributed by atoms with Crippen LogP contribution in [0.3, 0.4) is 0 Å². The molecule has 0 aliphatic carbocycles. The molecule has 0 aromatic rings. The lowest BCUT2D eigenvalue weighted by atomic mass is 9.94. The third-order valence-electron chi connectivity index (χ3n) is 2.78. The van der Waals surface area contributed by atoms with Crippen molar-refractivity contribution in [1.82, 2.24) is 0 Å². The fourth-order valence-electron chi connectivity index (χ4n) is 1.98. The lowest BCUT2D eigenvalue weighted by Gasteiger charge is -2.29. The van der Waals surface area contributed by atoms with E-state index < -0.39 is 0 Å². The van der Waals surface area contributed by atoms with Crippen LogP contribution in [0.5, 0.6) is 0 Å². The van der Waals surface area contributed by atoms with E-state index in [2.05, 4.69) is 0 Å². The Morgan fingerprint density at radius 2 is 2.08 bits per heavy atom. The maximum absolute atomic E-state index is 9.42. The molecule has 3 unspecified atom stereocenters. The van der Waals surface area contributed by atoms with Crippen LogP contribution in [0.15, 0.2) is 0 Å². The minimum atomic E-state index is -0.149. The van der Waals surface area contributed by atoms with Gasteiger partial charge in [0.15, 0.2) is 0 Å². The fourth-order valence-corrected chi connectivity index (χ4v) is 1.98. The van der Waals surface area contributed by atoms with Crippen LogP contribution in [0.4, 0.5) is 0 Å². The highest BCUT2D eigenvalue weighted by atomic mass is 16.5. The molecule has 2 fully saturated rings. The molecule has 0 bridgehead atoms. The Hall–Kier alpha value is -0.120. The van der Waals surface area contributed by atoms with Crippen molar-refractivity contribution in [2.75, 3.05) is 19.8 Å². The Labute approximate surface area is 72.7 Å². The second-order valence-corrected chi connectivity index (χ2v) is 3.71. The van der Waals surface area contributed by atoms with Crippen LogP contribution in [-0.4, -0.2) is 37.1 Å². The molecule has 12 heavy (non-hydrogen) atoms. The Morgan fingerprint density at radius 1 is 1.17 bits per heavy atom. The first-order valence-corrected chi connectivity index (χ1v) is 4.73. The summed E-state index contributed by atoms with van der Waals surface area (Å²) in [5.41, 5.74) is 0. The van der Waals surface area contributed by atoms with Crippen LogP contribution in [0.25, 0.3) is 0 Å². The van der Waals surface area contributed by atoms with Gasteiger partial charge in [-0.3, -0.25) is 0 Å². The minimum Gasteiger partial charge on any atom is -0.393 e. The summed E-state index contributed by atoms with van der Waals surface area (Å²) in [5.74, 6) is 0.528. The number of aliphatic hydroxyl groups is 1. The van der Waals surface area contributed by atoms with Crippen LogP contribution in [0, 0.1) is 5.92 Å². The molecule has 2 aliphatic heterocycles. The van der Waals surface area contributed by atoms with E-state index in [4.69, 9.17) is 9.47 Å².